The first-order valence-electron chi connectivity index (χ1n) is 6.08. The minimum atomic E-state index is -0.962. The average Bonchev–Trinajstić information content (AvgIpc) is 2.64. The monoisotopic (exact) mass is 245 g/mol. The normalized spacial score (nSPS) is 15.8. The molecule has 0 bridgehead atoms. The van der Waals surface area contributed by atoms with E-state index in [1.165, 1.54) is 0 Å². The number of aromatic nitrogens is 2. The zero-order valence-corrected chi connectivity index (χ0v) is 10.2. The van der Waals surface area contributed by atoms with Crippen LogP contribution in [0.3, 0.4) is 0 Å². The largest absolute Gasteiger partial charge is 0.476 e. The van der Waals surface area contributed by atoms with Crippen molar-refractivity contribution in [3.05, 3.63) is 35.4 Å². The van der Waals surface area contributed by atoms with Gasteiger partial charge in [0, 0.05) is 12.1 Å². The Balaban J connectivity index is 2.14. The lowest BCUT2D eigenvalue weighted by Crippen LogP contribution is -2.43. The molecule has 0 unspecified atom stereocenters. The van der Waals surface area contributed by atoms with Gasteiger partial charge < -0.3 is 14.8 Å². The predicted octanol–water partition coefficient (Wildman–Crippen LogP) is 1.10. The number of hydrogen-bond donors (Lipinski definition) is 2. The molecule has 1 aliphatic heterocycles. The number of pyridine rings is 1. The van der Waals surface area contributed by atoms with Crippen LogP contribution in [0.1, 0.15) is 22.0 Å². The fourth-order valence-electron chi connectivity index (χ4n) is 2.43. The maximum Gasteiger partial charge on any atom is 0.356 e. The Kier molecular flexibility index (Phi) is 2.56. The van der Waals surface area contributed by atoms with E-state index in [0.29, 0.717) is 11.4 Å². The van der Waals surface area contributed by atoms with E-state index in [4.69, 9.17) is 0 Å². The lowest BCUT2D eigenvalue weighted by atomic mass is 9.99. The maximum atomic E-state index is 11.2. The van der Waals surface area contributed by atoms with Crippen molar-refractivity contribution >= 4 is 11.5 Å². The lowest BCUT2D eigenvalue weighted by Gasteiger charge is -2.26. The van der Waals surface area contributed by atoms with Crippen LogP contribution in [0.4, 0.5) is 0 Å². The smallest absolute Gasteiger partial charge is 0.356 e. The number of carbonyl (C=O) groups is 1. The summed E-state index contributed by atoms with van der Waals surface area (Å²) in [6, 6.07) is 5.66. The molecule has 0 aliphatic carbocycles. The molecule has 1 fully saturated rings. The van der Waals surface area contributed by atoms with E-state index < -0.39 is 5.97 Å². The second-order valence-corrected chi connectivity index (χ2v) is 4.80. The molecule has 0 amide bonds. The molecule has 1 aliphatic rings. The van der Waals surface area contributed by atoms with Crippen LogP contribution in [0.15, 0.2) is 18.2 Å². The summed E-state index contributed by atoms with van der Waals surface area (Å²) in [5.41, 5.74) is 1.86. The van der Waals surface area contributed by atoms with Crippen LogP contribution in [0.25, 0.3) is 5.52 Å². The van der Waals surface area contributed by atoms with Crippen molar-refractivity contribution in [1.29, 1.82) is 0 Å². The van der Waals surface area contributed by atoms with E-state index in [0.717, 1.165) is 31.0 Å². The highest BCUT2D eigenvalue weighted by molar-refractivity contribution is 5.93. The van der Waals surface area contributed by atoms with Gasteiger partial charge in [0.15, 0.2) is 5.69 Å². The van der Waals surface area contributed by atoms with Gasteiger partial charge in [0.1, 0.15) is 5.82 Å². The molecule has 2 aromatic rings. The zero-order chi connectivity index (χ0) is 12.7. The highest BCUT2D eigenvalue weighted by Gasteiger charge is 2.23. The number of aromatic carboxylic acids is 1. The van der Waals surface area contributed by atoms with Gasteiger partial charge in [-0.25, -0.2) is 9.78 Å². The Hall–Kier alpha value is -1.88. The molecule has 0 aromatic carbocycles. The molecule has 0 saturated carbocycles. The van der Waals surface area contributed by atoms with Crippen molar-refractivity contribution in [2.24, 2.45) is 5.92 Å². The summed E-state index contributed by atoms with van der Waals surface area (Å²) < 4.78 is 1.96. The molecule has 2 aromatic heterocycles. The number of hydrogen-bond acceptors (Lipinski definition) is 3. The summed E-state index contributed by atoms with van der Waals surface area (Å²) in [7, 11) is 0. The first-order chi connectivity index (χ1) is 8.66. The minimum Gasteiger partial charge on any atom is -0.476 e. The van der Waals surface area contributed by atoms with Crippen LogP contribution in [0.5, 0.6) is 0 Å². The second kappa shape index (κ2) is 4.10. The first-order valence-corrected chi connectivity index (χ1v) is 6.08. The molecule has 5 heteroatoms. The van der Waals surface area contributed by atoms with E-state index in [1.807, 2.05) is 29.5 Å². The van der Waals surface area contributed by atoms with E-state index in [-0.39, 0.29) is 5.69 Å². The number of nitrogens with zero attached hydrogens (tertiary/aromatic N) is 2. The molecule has 0 spiro atoms. The van der Waals surface area contributed by atoms with Crippen LogP contribution in [-0.2, 0) is 6.42 Å². The molecule has 18 heavy (non-hydrogen) atoms. The molecular weight excluding hydrogens is 230 g/mol. The standard InChI is InChI=1S/C13H15N3O2/c1-8-3-2-4-10-12(13(17)18)15-11(16(8)10)5-9-6-14-7-9/h2-4,9,14H,5-7H2,1H3,(H,17,18). The van der Waals surface area contributed by atoms with Crippen molar-refractivity contribution in [2.45, 2.75) is 13.3 Å². The number of imidazole rings is 1. The van der Waals surface area contributed by atoms with Gasteiger partial charge >= 0.3 is 5.97 Å². The van der Waals surface area contributed by atoms with Gasteiger partial charge in [0.05, 0.1) is 5.52 Å². The van der Waals surface area contributed by atoms with Crippen LogP contribution in [0.2, 0.25) is 0 Å². The SMILES string of the molecule is Cc1cccc2c(C(=O)O)nc(CC3CNC3)n12. The number of carboxylic acid groups (broad SMARTS) is 1. The van der Waals surface area contributed by atoms with Gasteiger partial charge in [-0.2, -0.15) is 0 Å². The number of aryl methyl sites for hydroxylation is 1. The fraction of sp³-hybridized carbons (Fsp3) is 0.385. The second-order valence-electron chi connectivity index (χ2n) is 4.80. The highest BCUT2D eigenvalue weighted by Crippen LogP contribution is 2.19. The summed E-state index contributed by atoms with van der Waals surface area (Å²) in [6.07, 6.45) is 0.826. The molecule has 5 nitrogen and oxygen atoms in total. The first kappa shape index (κ1) is 11.2. The molecule has 3 heterocycles. The third kappa shape index (κ3) is 1.67. The van der Waals surface area contributed by atoms with E-state index in [1.54, 1.807) is 0 Å². The quantitative estimate of drug-likeness (QED) is 0.850. The van der Waals surface area contributed by atoms with Crippen molar-refractivity contribution < 1.29 is 9.90 Å². The summed E-state index contributed by atoms with van der Waals surface area (Å²) in [5.74, 6) is 0.458. The Labute approximate surface area is 104 Å². The van der Waals surface area contributed by atoms with Gasteiger partial charge in [-0.1, -0.05) is 6.07 Å². The maximum absolute atomic E-state index is 11.2. The third-order valence-electron chi connectivity index (χ3n) is 3.47. The molecule has 2 N–H and O–H groups in total. The van der Waals surface area contributed by atoms with Crippen LogP contribution >= 0.6 is 0 Å². The van der Waals surface area contributed by atoms with E-state index in [9.17, 15) is 9.90 Å². The van der Waals surface area contributed by atoms with Crippen molar-refractivity contribution in [2.75, 3.05) is 13.1 Å². The summed E-state index contributed by atoms with van der Waals surface area (Å²) in [4.78, 5) is 15.5. The van der Waals surface area contributed by atoms with Crippen LogP contribution in [0, 0.1) is 12.8 Å². The third-order valence-corrected chi connectivity index (χ3v) is 3.47. The molecule has 1 saturated heterocycles. The molecule has 0 radical (unpaired) electrons. The minimum absolute atomic E-state index is 0.154. The van der Waals surface area contributed by atoms with Crippen molar-refractivity contribution in [3.8, 4) is 0 Å². The number of nitrogens with one attached hydrogen (secondary N) is 1. The summed E-state index contributed by atoms with van der Waals surface area (Å²) in [5, 5.41) is 12.4. The van der Waals surface area contributed by atoms with E-state index in [2.05, 4.69) is 10.3 Å². The zero-order valence-electron chi connectivity index (χ0n) is 10.2. The molecule has 94 valence electrons. The Morgan fingerprint density at radius 2 is 2.33 bits per heavy atom. The van der Waals surface area contributed by atoms with Gasteiger partial charge in [-0.3, -0.25) is 0 Å². The molecular formula is C13H15N3O2. The fourth-order valence-corrected chi connectivity index (χ4v) is 2.43. The Morgan fingerprint density at radius 1 is 1.56 bits per heavy atom. The average molecular weight is 245 g/mol. The lowest BCUT2D eigenvalue weighted by molar-refractivity contribution is 0.0693. The number of carboxylic acids is 1. The van der Waals surface area contributed by atoms with Gasteiger partial charge in [0.25, 0.3) is 0 Å². The van der Waals surface area contributed by atoms with Crippen molar-refractivity contribution in [3.63, 3.8) is 0 Å². The predicted molar refractivity (Wildman–Crippen MR) is 67.0 cm³/mol. The molecule has 0 atom stereocenters. The van der Waals surface area contributed by atoms with Crippen LogP contribution in [-0.4, -0.2) is 33.6 Å². The Morgan fingerprint density at radius 3 is 2.94 bits per heavy atom. The van der Waals surface area contributed by atoms with E-state index >= 15 is 0 Å². The van der Waals surface area contributed by atoms with Crippen molar-refractivity contribution in [1.82, 2.24) is 14.7 Å². The Bertz CT molecular complexity index is 614. The summed E-state index contributed by atoms with van der Waals surface area (Å²) in [6.45, 7) is 3.95. The number of rotatable bonds is 3. The van der Waals surface area contributed by atoms with Gasteiger partial charge in [0.2, 0.25) is 0 Å². The number of fused-ring (bicyclic) bond motifs is 1. The van der Waals surface area contributed by atoms with Crippen LogP contribution < -0.4 is 5.32 Å². The van der Waals surface area contributed by atoms with Gasteiger partial charge in [-0.05, 0) is 38.1 Å². The topological polar surface area (TPSA) is 66.6 Å². The summed E-state index contributed by atoms with van der Waals surface area (Å²) >= 11 is 0. The van der Waals surface area contributed by atoms with Gasteiger partial charge in [-0.15, -0.1) is 0 Å². The highest BCUT2D eigenvalue weighted by atomic mass is 16.4. The molecule has 3 rings (SSSR count).